The molecule has 1 aromatic rings. The third-order valence-corrected chi connectivity index (χ3v) is 3.90. The monoisotopic (exact) mass is 264 g/mol. The van der Waals surface area contributed by atoms with Crippen LogP contribution in [-0.2, 0) is 0 Å². The fourth-order valence-electron chi connectivity index (χ4n) is 2.63. The summed E-state index contributed by atoms with van der Waals surface area (Å²) in [6.07, 6.45) is 0. The average Bonchev–Trinajstić information content (AvgIpc) is 2.37. The summed E-state index contributed by atoms with van der Waals surface area (Å²) in [5.74, 6) is 1.91. The molecule has 0 bridgehead atoms. The lowest BCUT2D eigenvalue weighted by Gasteiger charge is -2.29. The summed E-state index contributed by atoms with van der Waals surface area (Å²) >= 11 is 0. The van der Waals surface area contributed by atoms with Gasteiger partial charge in [0.25, 0.3) is 0 Å². The number of benzene rings is 1. The molecule has 0 aliphatic carbocycles. The topological polar surface area (TPSA) is 47.3 Å². The first kappa shape index (κ1) is 16.0. The van der Waals surface area contributed by atoms with Crippen molar-refractivity contribution in [3.63, 3.8) is 0 Å². The Hall–Kier alpha value is -1.06. The Balaban J connectivity index is 3.10. The Labute approximate surface area is 117 Å². The fourth-order valence-corrected chi connectivity index (χ4v) is 2.63. The van der Waals surface area contributed by atoms with Gasteiger partial charge in [-0.15, -0.1) is 0 Å². The molecule has 108 valence electrons. The van der Waals surface area contributed by atoms with Crippen LogP contribution in [0, 0.1) is 25.7 Å². The summed E-state index contributed by atoms with van der Waals surface area (Å²) in [6.45, 7) is 9.56. The molecular weight excluding hydrogens is 236 g/mol. The molecule has 3 N–H and O–H groups in total. The number of hydrogen-bond acceptors (Lipinski definition) is 3. The Bertz CT molecular complexity index is 415. The molecule has 0 amide bonds. The maximum atomic E-state index is 6.51. The number of nitrogens with one attached hydrogen (secondary N) is 1. The molecule has 0 aliphatic heterocycles. The molecule has 0 aromatic heterocycles. The SMILES string of the molecule is CNCC(C(C)C)C(N)c1cc(C)c(OC)cc1C. The van der Waals surface area contributed by atoms with Crippen LogP contribution in [0.15, 0.2) is 12.1 Å². The predicted molar refractivity (Wildman–Crippen MR) is 81.7 cm³/mol. The number of rotatable bonds is 6. The van der Waals surface area contributed by atoms with Gasteiger partial charge in [0.05, 0.1) is 7.11 Å². The minimum Gasteiger partial charge on any atom is -0.496 e. The minimum absolute atomic E-state index is 0.0528. The van der Waals surface area contributed by atoms with E-state index in [1.54, 1.807) is 7.11 Å². The van der Waals surface area contributed by atoms with Gasteiger partial charge < -0.3 is 15.8 Å². The summed E-state index contributed by atoms with van der Waals surface area (Å²) in [5.41, 5.74) is 10.1. The van der Waals surface area contributed by atoms with Gasteiger partial charge in [0.2, 0.25) is 0 Å². The molecule has 2 unspecified atom stereocenters. The van der Waals surface area contributed by atoms with E-state index in [-0.39, 0.29) is 6.04 Å². The van der Waals surface area contributed by atoms with Crippen LogP contribution in [0.5, 0.6) is 5.75 Å². The van der Waals surface area contributed by atoms with Gasteiger partial charge in [0, 0.05) is 6.04 Å². The molecule has 0 heterocycles. The van der Waals surface area contributed by atoms with Crippen molar-refractivity contribution in [3.05, 3.63) is 28.8 Å². The van der Waals surface area contributed by atoms with E-state index in [9.17, 15) is 0 Å². The van der Waals surface area contributed by atoms with E-state index in [1.165, 1.54) is 11.1 Å². The van der Waals surface area contributed by atoms with Crippen LogP contribution in [0.25, 0.3) is 0 Å². The molecule has 3 nitrogen and oxygen atoms in total. The molecule has 0 saturated heterocycles. The van der Waals surface area contributed by atoms with Crippen molar-refractivity contribution in [2.24, 2.45) is 17.6 Å². The summed E-state index contributed by atoms with van der Waals surface area (Å²) in [7, 11) is 3.69. The highest BCUT2D eigenvalue weighted by atomic mass is 16.5. The summed E-state index contributed by atoms with van der Waals surface area (Å²) in [6, 6.07) is 4.31. The first-order chi connectivity index (χ1) is 8.92. The number of ether oxygens (including phenoxy) is 1. The lowest BCUT2D eigenvalue weighted by Crippen LogP contribution is -2.33. The third kappa shape index (κ3) is 3.71. The van der Waals surface area contributed by atoms with Gasteiger partial charge in [-0.3, -0.25) is 0 Å². The van der Waals surface area contributed by atoms with Crippen molar-refractivity contribution in [2.75, 3.05) is 20.7 Å². The van der Waals surface area contributed by atoms with E-state index < -0.39 is 0 Å². The van der Waals surface area contributed by atoms with Crippen LogP contribution in [0.3, 0.4) is 0 Å². The second kappa shape index (κ2) is 6.92. The third-order valence-electron chi connectivity index (χ3n) is 3.90. The van der Waals surface area contributed by atoms with Crippen molar-refractivity contribution in [3.8, 4) is 5.75 Å². The predicted octanol–water partition coefficient (Wildman–Crippen LogP) is 2.80. The average molecular weight is 264 g/mol. The van der Waals surface area contributed by atoms with Gasteiger partial charge in [0.1, 0.15) is 5.75 Å². The number of methoxy groups -OCH3 is 1. The van der Waals surface area contributed by atoms with Crippen molar-refractivity contribution in [1.82, 2.24) is 5.32 Å². The molecule has 0 radical (unpaired) electrons. The zero-order valence-corrected chi connectivity index (χ0v) is 13.1. The highest BCUT2D eigenvalue weighted by Gasteiger charge is 2.24. The number of hydrogen-bond donors (Lipinski definition) is 2. The van der Waals surface area contributed by atoms with Crippen LogP contribution in [0.2, 0.25) is 0 Å². The van der Waals surface area contributed by atoms with Gasteiger partial charge in [-0.25, -0.2) is 0 Å². The summed E-state index contributed by atoms with van der Waals surface area (Å²) < 4.78 is 5.36. The first-order valence-corrected chi connectivity index (χ1v) is 6.97. The quantitative estimate of drug-likeness (QED) is 0.830. The van der Waals surface area contributed by atoms with Crippen LogP contribution in [0.1, 0.15) is 36.6 Å². The Kier molecular flexibility index (Phi) is 5.83. The maximum absolute atomic E-state index is 6.51. The normalized spacial score (nSPS) is 14.5. The molecule has 0 spiro atoms. The summed E-state index contributed by atoms with van der Waals surface area (Å²) in [4.78, 5) is 0. The van der Waals surface area contributed by atoms with Crippen molar-refractivity contribution >= 4 is 0 Å². The van der Waals surface area contributed by atoms with Crippen molar-refractivity contribution in [2.45, 2.75) is 33.7 Å². The zero-order valence-electron chi connectivity index (χ0n) is 13.1. The highest BCUT2D eigenvalue weighted by molar-refractivity contribution is 5.43. The van der Waals surface area contributed by atoms with Crippen LogP contribution >= 0.6 is 0 Å². The smallest absolute Gasteiger partial charge is 0.122 e. The largest absolute Gasteiger partial charge is 0.496 e. The van der Waals surface area contributed by atoms with E-state index in [2.05, 4.69) is 45.1 Å². The van der Waals surface area contributed by atoms with E-state index in [0.717, 1.165) is 17.9 Å². The molecule has 3 heteroatoms. The maximum Gasteiger partial charge on any atom is 0.122 e. The van der Waals surface area contributed by atoms with Crippen LogP contribution in [0.4, 0.5) is 0 Å². The highest BCUT2D eigenvalue weighted by Crippen LogP contribution is 2.31. The zero-order chi connectivity index (χ0) is 14.6. The van der Waals surface area contributed by atoms with E-state index in [4.69, 9.17) is 10.5 Å². The molecule has 1 aromatic carbocycles. The number of nitrogens with two attached hydrogens (primary N) is 1. The first-order valence-electron chi connectivity index (χ1n) is 6.97. The Morgan fingerprint density at radius 3 is 2.32 bits per heavy atom. The van der Waals surface area contributed by atoms with Gasteiger partial charge in [-0.1, -0.05) is 19.9 Å². The molecule has 1 rings (SSSR count). The second-order valence-corrected chi connectivity index (χ2v) is 5.67. The van der Waals surface area contributed by atoms with Gasteiger partial charge in [-0.2, -0.15) is 0 Å². The minimum atomic E-state index is 0.0528. The van der Waals surface area contributed by atoms with Gasteiger partial charge >= 0.3 is 0 Å². The number of aryl methyl sites for hydroxylation is 2. The summed E-state index contributed by atoms with van der Waals surface area (Å²) in [5, 5.41) is 3.25. The molecule has 0 aliphatic rings. The van der Waals surface area contributed by atoms with E-state index >= 15 is 0 Å². The van der Waals surface area contributed by atoms with Crippen molar-refractivity contribution < 1.29 is 4.74 Å². The second-order valence-electron chi connectivity index (χ2n) is 5.67. The standard InChI is InChI=1S/C16H28N2O/c1-10(2)14(9-18-5)16(17)13-7-12(4)15(19-6)8-11(13)3/h7-8,10,14,16,18H,9,17H2,1-6H3. The lowest BCUT2D eigenvalue weighted by atomic mass is 9.83. The molecule has 2 atom stereocenters. The lowest BCUT2D eigenvalue weighted by molar-refractivity contribution is 0.313. The molecule has 19 heavy (non-hydrogen) atoms. The molecule has 0 fully saturated rings. The Morgan fingerprint density at radius 1 is 1.21 bits per heavy atom. The Morgan fingerprint density at radius 2 is 1.84 bits per heavy atom. The molecule has 0 saturated carbocycles. The van der Waals surface area contributed by atoms with Gasteiger partial charge in [-0.05, 0) is 62.0 Å². The van der Waals surface area contributed by atoms with Crippen molar-refractivity contribution in [1.29, 1.82) is 0 Å². The van der Waals surface area contributed by atoms with Crippen LogP contribution in [-0.4, -0.2) is 20.7 Å². The molecular formula is C16H28N2O. The fraction of sp³-hybridized carbons (Fsp3) is 0.625. The van der Waals surface area contributed by atoms with E-state index in [0.29, 0.717) is 11.8 Å². The van der Waals surface area contributed by atoms with E-state index in [1.807, 2.05) is 7.05 Å². The van der Waals surface area contributed by atoms with Crippen LogP contribution < -0.4 is 15.8 Å². The van der Waals surface area contributed by atoms with Gasteiger partial charge in [0.15, 0.2) is 0 Å².